The highest BCUT2D eigenvalue weighted by atomic mass is 32.1. The second kappa shape index (κ2) is 7.12. The molecule has 0 saturated carbocycles. The van der Waals surface area contributed by atoms with Gasteiger partial charge in [0.25, 0.3) is 5.56 Å². The van der Waals surface area contributed by atoms with E-state index in [1.54, 1.807) is 18.4 Å². The lowest BCUT2D eigenvalue weighted by Gasteiger charge is -2.11. The molecule has 7 nitrogen and oxygen atoms in total. The van der Waals surface area contributed by atoms with Gasteiger partial charge in [-0.3, -0.25) is 14.0 Å². The first kappa shape index (κ1) is 18.2. The van der Waals surface area contributed by atoms with E-state index < -0.39 is 0 Å². The summed E-state index contributed by atoms with van der Waals surface area (Å²) in [6.07, 6.45) is 0. The average Bonchev–Trinajstić information content (AvgIpc) is 3.20. The van der Waals surface area contributed by atoms with E-state index in [2.05, 4.69) is 10.4 Å². The van der Waals surface area contributed by atoms with E-state index in [4.69, 9.17) is 4.74 Å². The van der Waals surface area contributed by atoms with Crippen molar-refractivity contribution in [3.05, 3.63) is 63.0 Å². The number of ether oxygens (including phenoxy) is 1. The van der Waals surface area contributed by atoms with Crippen LogP contribution in [-0.2, 0) is 17.9 Å². The fraction of sp³-hybridized carbons (Fsp3) is 0.250. The number of thiophene rings is 1. The lowest BCUT2D eigenvalue weighted by atomic mass is 10.2. The molecule has 4 rings (SSSR count). The highest BCUT2D eigenvalue weighted by Crippen LogP contribution is 2.27. The summed E-state index contributed by atoms with van der Waals surface area (Å²) in [4.78, 5) is 26.4. The Morgan fingerprint density at radius 2 is 2.00 bits per heavy atom. The average molecular weight is 396 g/mol. The molecule has 28 heavy (non-hydrogen) atoms. The minimum Gasteiger partial charge on any atom is -0.496 e. The van der Waals surface area contributed by atoms with Gasteiger partial charge in [-0.1, -0.05) is 18.2 Å². The molecular formula is C20H20N4O3S. The fourth-order valence-electron chi connectivity index (χ4n) is 3.36. The molecule has 144 valence electrons. The van der Waals surface area contributed by atoms with Crippen LogP contribution in [0, 0.1) is 13.8 Å². The summed E-state index contributed by atoms with van der Waals surface area (Å²) < 4.78 is 9.40. The van der Waals surface area contributed by atoms with Gasteiger partial charge < -0.3 is 10.1 Å². The molecule has 1 N–H and O–H groups in total. The molecule has 8 heteroatoms. The van der Waals surface area contributed by atoms with Crippen LogP contribution < -0.4 is 15.6 Å². The van der Waals surface area contributed by atoms with Crippen LogP contribution >= 0.6 is 11.3 Å². The van der Waals surface area contributed by atoms with Crippen LogP contribution in [0.2, 0.25) is 0 Å². The number of nitrogens with one attached hydrogen (secondary N) is 1. The molecule has 4 aromatic rings. The number of amides is 1. The predicted molar refractivity (Wildman–Crippen MR) is 109 cm³/mol. The van der Waals surface area contributed by atoms with Crippen molar-refractivity contribution in [3.63, 3.8) is 0 Å². The van der Waals surface area contributed by atoms with Gasteiger partial charge in [0.05, 0.1) is 17.3 Å². The summed E-state index contributed by atoms with van der Waals surface area (Å²) >= 11 is 1.64. The molecule has 1 aromatic carbocycles. The maximum absolute atomic E-state index is 12.8. The Balaban J connectivity index is 1.58. The minimum atomic E-state index is -0.284. The number of para-hydroxylation sites is 1. The lowest BCUT2D eigenvalue weighted by Crippen LogP contribution is -2.34. The second-order valence-corrected chi connectivity index (χ2v) is 7.86. The maximum Gasteiger partial charge on any atom is 0.291 e. The third-order valence-electron chi connectivity index (χ3n) is 4.62. The van der Waals surface area contributed by atoms with Gasteiger partial charge in [0.1, 0.15) is 23.6 Å². The Hall–Kier alpha value is -3.13. The standard InChI is InChI=1S/C20H20N4O3S/c1-12-8-15-18(28-12)9-16-20(26)23(22-13(2)24(15)16)11-19(25)21-10-14-6-4-5-7-17(14)27-3/h4-9H,10-11H2,1-3H3,(H,21,25). The van der Waals surface area contributed by atoms with Crippen LogP contribution in [0.4, 0.5) is 0 Å². The van der Waals surface area contributed by atoms with Crippen molar-refractivity contribution in [2.45, 2.75) is 26.9 Å². The number of carbonyl (C=O) groups excluding carboxylic acids is 1. The SMILES string of the molecule is COc1ccccc1CNC(=O)Cn1nc(C)n2c(cc3sc(C)cc32)c1=O. The van der Waals surface area contributed by atoms with E-state index in [-0.39, 0.29) is 18.0 Å². The zero-order chi connectivity index (χ0) is 19.8. The number of hydrogen-bond donors (Lipinski definition) is 1. The van der Waals surface area contributed by atoms with E-state index in [0.29, 0.717) is 23.6 Å². The van der Waals surface area contributed by atoms with E-state index in [0.717, 1.165) is 15.8 Å². The molecule has 0 radical (unpaired) electrons. The van der Waals surface area contributed by atoms with Crippen LogP contribution in [0.5, 0.6) is 5.75 Å². The predicted octanol–water partition coefficient (Wildman–Crippen LogP) is 2.65. The summed E-state index contributed by atoms with van der Waals surface area (Å²) in [5.74, 6) is 1.09. The molecule has 0 saturated heterocycles. The summed E-state index contributed by atoms with van der Waals surface area (Å²) in [6.45, 7) is 4.05. The van der Waals surface area contributed by atoms with Gasteiger partial charge in [0.2, 0.25) is 5.91 Å². The number of aryl methyl sites for hydroxylation is 2. The second-order valence-electron chi connectivity index (χ2n) is 6.57. The van der Waals surface area contributed by atoms with Gasteiger partial charge in [-0.15, -0.1) is 11.3 Å². The topological polar surface area (TPSA) is 77.6 Å². The van der Waals surface area contributed by atoms with Crippen molar-refractivity contribution in [2.24, 2.45) is 0 Å². The number of rotatable bonds is 5. The Kier molecular flexibility index (Phi) is 4.64. The van der Waals surface area contributed by atoms with E-state index in [1.807, 2.05) is 54.6 Å². The molecule has 0 atom stereocenters. The van der Waals surface area contributed by atoms with Crippen LogP contribution in [0.15, 0.2) is 41.2 Å². The zero-order valence-corrected chi connectivity index (χ0v) is 16.7. The normalized spacial score (nSPS) is 11.2. The number of fused-ring (bicyclic) bond motifs is 3. The fourth-order valence-corrected chi connectivity index (χ4v) is 4.30. The number of hydrogen-bond acceptors (Lipinski definition) is 5. The summed E-state index contributed by atoms with van der Waals surface area (Å²) in [6, 6.07) is 11.4. The zero-order valence-electron chi connectivity index (χ0n) is 15.9. The molecule has 0 unspecified atom stereocenters. The Bertz CT molecular complexity index is 1250. The maximum atomic E-state index is 12.8. The smallest absolute Gasteiger partial charge is 0.291 e. The van der Waals surface area contributed by atoms with Gasteiger partial charge in [-0.2, -0.15) is 5.10 Å². The number of methoxy groups -OCH3 is 1. The largest absolute Gasteiger partial charge is 0.496 e. The van der Waals surface area contributed by atoms with E-state index >= 15 is 0 Å². The quantitative estimate of drug-likeness (QED) is 0.563. The molecule has 0 aliphatic heterocycles. The van der Waals surface area contributed by atoms with Crippen molar-refractivity contribution in [2.75, 3.05) is 7.11 Å². The van der Waals surface area contributed by atoms with Crippen molar-refractivity contribution in [1.29, 1.82) is 0 Å². The molecule has 3 aromatic heterocycles. The molecule has 0 bridgehead atoms. The number of carbonyl (C=O) groups is 1. The summed E-state index contributed by atoms with van der Waals surface area (Å²) in [7, 11) is 1.59. The summed E-state index contributed by atoms with van der Waals surface area (Å²) in [5.41, 5.74) is 2.10. The Morgan fingerprint density at radius 3 is 2.79 bits per heavy atom. The summed E-state index contributed by atoms with van der Waals surface area (Å²) in [5, 5.41) is 7.17. The monoisotopic (exact) mass is 396 g/mol. The van der Waals surface area contributed by atoms with Gasteiger partial charge in [-0.25, -0.2) is 4.68 Å². The van der Waals surface area contributed by atoms with Crippen LogP contribution in [0.25, 0.3) is 15.7 Å². The molecule has 0 aliphatic carbocycles. The van der Waals surface area contributed by atoms with Gasteiger partial charge >= 0.3 is 0 Å². The van der Waals surface area contributed by atoms with Crippen LogP contribution in [-0.4, -0.2) is 27.2 Å². The van der Waals surface area contributed by atoms with Crippen molar-refractivity contribution < 1.29 is 9.53 Å². The molecular weight excluding hydrogens is 376 g/mol. The Labute approximate surface area is 165 Å². The highest BCUT2D eigenvalue weighted by molar-refractivity contribution is 7.19. The van der Waals surface area contributed by atoms with Crippen molar-refractivity contribution in [1.82, 2.24) is 19.5 Å². The first-order valence-electron chi connectivity index (χ1n) is 8.86. The van der Waals surface area contributed by atoms with Gasteiger partial charge in [-0.05, 0) is 32.0 Å². The number of aromatic nitrogens is 3. The molecule has 0 spiro atoms. The Morgan fingerprint density at radius 1 is 1.21 bits per heavy atom. The highest BCUT2D eigenvalue weighted by Gasteiger charge is 2.15. The van der Waals surface area contributed by atoms with Crippen LogP contribution in [0.3, 0.4) is 0 Å². The molecule has 0 aliphatic rings. The third kappa shape index (κ3) is 3.16. The lowest BCUT2D eigenvalue weighted by molar-refractivity contribution is -0.122. The first-order chi connectivity index (χ1) is 13.5. The van der Waals surface area contributed by atoms with E-state index in [1.165, 1.54) is 9.56 Å². The molecule has 1 amide bonds. The molecule has 3 heterocycles. The third-order valence-corrected chi connectivity index (χ3v) is 5.60. The van der Waals surface area contributed by atoms with E-state index in [9.17, 15) is 9.59 Å². The van der Waals surface area contributed by atoms with Crippen molar-refractivity contribution in [3.8, 4) is 5.75 Å². The number of benzene rings is 1. The number of nitrogens with zero attached hydrogens (tertiary/aromatic N) is 3. The molecule has 0 fully saturated rings. The first-order valence-corrected chi connectivity index (χ1v) is 9.67. The van der Waals surface area contributed by atoms with Gasteiger partial charge in [0, 0.05) is 17.0 Å². The van der Waals surface area contributed by atoms with Crippen LogP contribution in [0.1, 0.15) is 16.3 Å². The van der Waals surface area contributed by atoms with Crippen molar-refractivity contribution >= 4 is 33.0 Å². The minimum absolute atomic E-state index is 0.136. The van der Waals surface area contributed by atoms with Gasteiger partial charge in [0.15, 0.2) is 0 Å².